The zero-order valence-corrected chi connectivity index (χ0v) is 14.5. The Labute approximate surface area is 154 Å². The van der Waals surface area contributed by atoms with Crippen LogP contribution in [0.5, 0.6) is 0 Å². The van der Waals surface area contributed by atoms with Gasteiger partial charge in [0.15, 0.2) is 0 Å². The highest BCUT2D eigenvalue weighted by molar-refractivity contribution is 5.81. The van der Waals surface area contributed by atoms with Gasteiger partial charge in [0, 0.05) is 37.6 Å². The molecule has 1 heterocycles. The van der Waals surface area contributed by atoms with Crippen molar-refractivity contribution in [1.82, 2.24) is 4.90 Å². The Kier molecular flexibility index (Phi) is 5.53. The molecule has 144 valence electrons. The normalized spacial score (nSPS) is 15.0. The summed E-state index contributed by atoms with van der Waals surface area (Å²) in [4.78, 5) is 16.0. The molecule has 2 aromatic rings. The van der Waals surface area contributed by atoms with Crippen molar-refractivity contribution in [1.29, 1.82) is 0 Å². The fraction of sp³-hybridized carbons (Fsp3) is 0.316. The Bertz CT molecular complexity index is 784. The Hall–Kier alpha value is -2.77. The Balaban J connectivity index is 1.51. The lowest BCUT2D eigenvalue weighted by molar-refractivity contribution is -0.137. The minimum Gasteiger partial charge on any atom is -0.376 e. The summed E-state index contributed by atoms with van der Waals surface area (Å²) in [6.45, 7) is 2.15. The molecule has 0 aromatic heterocycles. The molecular weight excluding hydrogens is 362 g/mol. The molecule has 1 aliphatic rings. The molecule has 8 heteroatoms. The maximum absolute atomic E-state index is 13.0. The van der Waals surface area contributed by atoms with E-state index in [1.807, 2.05) is 0 Å². The molecule has 1 aliphatic heterocycles. The number of carbonyl (C=O) groups is 1. The van der Waals surface area contributed by atoms with Crippen LogP contribution in [-0.4, -0.2) is 43.5 Å². The van der Waals surface area contributed by atoms with Crippen molar-refractivity contribution < 1.29 is 22.4 Å². The van der Waals surface area contributed by atoms with Crippen LogP contribution in [-0.2, 0) is 11.0 Å². The lowest BCUT2D eigenvalue weighted by atomic mass is 10.2. The van der Waals surface area contributed by atoms with Crippen LogP contribution in [0.2, 0.25) is 0 Å². The molecule has 1 amide bonds. The number of rotatable bonds is 4. The van der Waals surface area contributed by atoms with E-state index in [0.717, 1.165) is 17.8 Å². The van der Waals surface area contributed by atoms with Gasteiger partial charge in [-0.15, -0.1) is 0 Å². The highest BCUT2D eigenvalue weighted by Crippen LogP contribution is 2.30. The molecule has 1 fully saturated rings. The van der Waals surface area contributed by atoms with E-state index in [2.05, 4.69) is 10.2 Å². The molecule has 1 N–H and O–H groups in total. The van der Waals surface area contributed by atoms with E-state index < -0.39 is 11.7 Å². The van der Waals surface area contributed by atoms with Gasteiger partial charge in [-0.2, -0.15) is 13.2 Å². The Morgan fingerprint density at radius 3 is 2.30 bits per heavy atom. The second kappa shape index (κ2) is 7.85. The fourth-order valence-corrected chi connectivity index (χ4v) is 2.96. The van der Waals surface area contributed by atoms with E-state index in [1.165, 1.54) is 24.3 Å². The molecule has 0 spiro atoms. The van der Waals surface area contributed by atoms with Gasteiger partial charge < -0.3 is 15.1 Å². The molecule has 0 saturated carbocycles. The first-order valence-corrected chi connectivity index (χ1v) is 8.52. The van der Waals surface area contributed by atoms with Crippen molar-refractivity contribution in [3.8, 4) is 0 Å². The van der Waals surface area contributed by atoms with Crippen LogP contribution < -0.4 is 10.2 Å². The largest absolute Gasteiger partial charge is 0.416 e. The number of hydrogen-bond acceptors (Lipinski definition) is 3. The van der Waals surface area contributed by atoms with Crippen LogP contribution in [0, 0.1) is 5.82 Å². The van der Waals surface area contributed by atoms with Gasteiger partial charge in [0.25, 0.3) is 0 Å². The Morgan fingerprint density at radius 2 is 1.67 bits per heavy atom. The smallest absolute Gasteiger partial charge is 0.376 e. The van der Waals surface area contributed by atoms with E-state index >= 15 is 0 Å². The lowest BCUT2D eigenvalue weighted by Crippen LogP contribution is -2.50. The number of alkyl halides is 3. The molecule has 0 unspecified atom stereocenters. The average Bonchev–Trinajstić information content (AvgIpc) is 2.66. The van der Waals surface area contributed by atoms with Crippen LogP contribution in [0.3, 0.4) is 0 Å². The van der Waals surface area contributed by atoms with Gasteiger partial charge in [-0.1, -0.05) is 6.07 Å². The summed E-state index contributed by atoms with van der Waals surface area (Å²) in [5, 5.41) is 2.76. The van der Waals surface area contributed by atoms with Crippen molar-refractivity contribution in [2.45, 2.75) is 6.18 Å². The van der Waals surface area contributed by atoms with Crippen LogP contribution in [0.1, 0.15) is 5.56 Å². The highest BCUT2D eigenvalue weighted by Gasteiger charge is 2.30. The number of benzene rings is 2. The second-order valence-corrected chi connectivity index (χ2v) is 6.28. The molecule has 27 heavy (non-hydrogen) atoms. The first kappa shape index (κ1) is 19.0. The number of amides is 1. The van der Waals surface area contributed by atoms with Crippen molar-refractivity contribution in [2.24, 2.45) is 0 Å². The summed E-state index contributed by atoms with van der Waals surface area (Å²) in [5.41, 5.74) is 0.390. The van der Waals surface area contributed by atoms with Gasteiger partial charge in [0.05, 0.1) is 12.1 Å². The zero-order chi connectivity index (χ0) is 19.4. The maximum atomic E-state index is 13.0. The molecular formula is C19H19F4N3O. The van der Waals surface area contributed by atoms with Gasteiger partial charge >= 0.3 is 6.18 Å². The van der Waals surface area contributed by atoms with Crippen molar-refractivity contribution in [3.05, 3.63) is 59.9 Å². The third-order valence-electron chi connectivity index (χ3n) is 4.46. The fourth-order valence-electron chi connectivity index (χ4n) is 2.96. The summed E-state index contributed by atoms with van der Waals surface area (Å²) in [6.07, 6.45) is -4.42. The van der Waals surface area contributed by atoms with E-state index in [9.17, 15) is 22.4 Å². The van der Waals surface area contributed by atoms with Gasteiger partial charge in [-0.3, -0.25) is 4.79 Å². The van der Waals surface area contributed by atoms with Crippen LogP contribution in [0.25, 0.3) is 0 Å². The standard InChI is InChI=1S/C19H19F4N3O/c20-15-4-6-17(7-5-15)25-8-10-26(11-9-25)18(27)13-24-16-3-1-2-14(12-16)19(21,22)23/h1-7,12,24H,8-11,13H2. The molecule has 0 bridgehead atoms. The Morgan fingerprint density at radius 1 is 1.00 bits per heavy atom. The van der Waals surface area contributed by atoms with Crippen LogP contribution >= 0.6 is 0 Å². The first-order valence-electron chi connectivity index (χ1n) is 8.52. The number of carbonyl (C=O) groups excluding carboxylic acids is 1. The predicted octanol–water partition coefficient (Wildman–Crippen LogP) is 3.61. The van der Waals surface area contributed by atoms with Crippen molar-refractivity contribution in [3.63, 3.8) is 0 Å². The summed E-state index contributed by atoms with van der Waals surface area (Å²) in [5.74, 6) is -0.473. The number of nitrogens with one attached hydrogen (secondary N) is 1. The maximum Gasteiger partial charge on any atom is 0.416 e. The summed E-state index contributed by atoms with van der Waals surface area (Å²) in [7, 11) is 0. The molecule has 0 atom stereocenters. The molecule has 0 aliphatic carbocycles. The number of anilines is 2. The molecule has 4 nitrogen and oxygen atoms in total. The highest BCUT2D eigenvalue weighted by atomic mass is 19.4. The lowest BCUT2D eigenvalue weighted by Gasteiger charge is -2.36. The monoisotopic (exact) mass is 381 g/mol. The average molecular weight is 381 g/mol. The van der Waals surface area contributed by atoms with Gasteiger partial charge in [0.1, 0.15) is 5.82 Å². The molecule has 2 aromatic carbocycles. The first-order chi connectivity index (χ1) is 12.8. The second-order valence-electron chi connectivity index (χ2n) is 6.28. The van der Waals surface area contributed by atoms with Gasteiger partial charge in [-0.25, -0.2) is 4.39 Å². The summed E-state index contributed by atoms with van der Waals surface area (Å²) < 4.78 is 51.2. The van der Waals surface area contributed by atoms with Crippen molar-refractivity contribution in [2.75, 3.05) is 42.9 Å². The van der Waals surface area contributed by atoms with E-state index in [1.54, 1.807) is 17.0 Å². The molecule has 3 rings (SSSR count). The quantitative estimate of drug-likeness (QED) is 0.822. The zero-order valence-electron chi connectivity index (χ0n) is 14.5. The van der Waals surface area contributed by atoms with Gasteiger partial charge in [0.2, 0.25) is 5.91 Å². The van der Waals surface area contributed by atoms with Gasteiger partial charge in [-0.05, 0) is 42.5 Å². The molecule has 1 saturated heterocycles. The van der Waals surface area contributed by atoms with E-state index in [-0.39, 0.29) is 24.0 Å². The third-order valence-corrected chi connectivity index (χ3v) is 4.46. The number of hydrogen-bond donors (Lipinski definition) is 1. The number of halogens is 4. The number of nitrogens with zero attached hydrogens (tertiary/aromatic N) is 2. The minimum atomic E-state index is -4.42. The molecule has 0 radical (unpaired) electrons. The SMILES string of the molecule is O=C(CNc1cccc(C(F)(F)F)c1)N1CCN(c2ccc(F)cc2)CC1. The van der Waals surface area contributed by atoms with Crippen molar-refractivity contribution >= 4 is 17.3 Å². The minimum absolute atomic E-state index is 0.0716. The topological polar surface area (TPSA) is 35.6 Å². The van der Waals surface area contributed by atoms with Crippen LogP contribution in [0.15, 0.2) is 48.5 Å². The number of piperazine rings is 1. The summed E-state index contributed by atoms with van der Waals surface area (Å²) >= 11 is 0. The third kappa shape index (κ3) is 4.90. The van der Waals surface area contributed by atoms with Crippen LogP contribution in [0.4, 0.5) is 28.9 Å². The predicted molar refractivity (Wildman–Crippen MR) is 95.1 cm³/mol. The van der Waals surface area contributed by atoms with E-state index in [0.29, 0.717) is 26.2 Å². The van der Waals surface area contributed by atoms with E-state index in [4.69, 9.17) is 0 Å². The summed E-state index contributed by atoms with van der Waals surface area (Å²) in [6, 6.07) is 11.0.